The Morgan fingerprint density at radius 3 is 2.25 bits per heavy atom. The van der Waals surface area contributed by atoms with Gasteiger partial charge in [-0.3, -0.25) is 4.90 Å². The summed E-state index contributed by atoms with van der Waals surface area (Å²) in [5.41, 5.74) is 0. The smallest absolute Gasteiger partial charge is 0.0618 e. The number of rotatable bonds is 6. The second-order valence-electron chi connectivity index (χ2n) is 3.66. The number of hydrogen-bond donors (Lipinski definition) is 0. The van der Waals surface area contributed by atoms with E-state index in [1.54, 1.807) is 7.11 Å². The van der Waals surface area contributed by atoms with Crippen molar-refractivity contribution >= 4 is 0 Å². The number of methoxy groups -OCH3 is 1. The van der Waals surface area contributed by atoms with Gasteiger partial charge in [-0.25, -0.2) is 0 Å². The Bertz CT molecular complexity index is 98.0. The van der Waals surface area contributed by atoms with Gasteiger partial charge < -0.3 is 4.74 Å². The van der Waals surface area contributed by atoms with Crippen LogP contribution in [0.1, 0.15) is 33.6 Å². The van der Waals surface area contributed by atoms with Gasteiger partial charge in [-0.05, 0) is 27.3 Å². The van der Waals surface area contributed by atoms with E-state index < -0.39 is 0 Å². The second-order valence-corrected chi connectivity index (χ2v) is 3.66. The fraction of sp³-hybridized carbons (Fsp3) is 1.00. The van der Waals surface area contributed by atoms with Crippen molar-refractivity contribution in [3.63, 3.8) is 0 Å². The highest BCUT2D eigenvalue weighted by atomic mass is 16.5. The van der Waals surface area contributed by atoms with Gasteiger partial charge in [0.2, 0.25) is 0 Å². The van der Waals surface area contributed by atoms with Crippen molar-refractivity contribution < 1.29 is 4.74 Å². The highest BCUT2D eigenvalue weighted by Gasteiger charge is 2.15. The predicted molar refractivity (Wildman–Crippen MR) is 53.5 cm³/mol. The maximum Gasteiger partial charge on any atom is 0.0618 e. The number of ether oxygens (including phenoxy) is 1. The first-order valence-corrected chi connectivity index (χ1v) is 4.84. The van der Waals surface area contributed by atoms with Gasteiger partial charge in [0.1, 0.15) is 0 Å². The average Bonchev–Trinajstić information content (AvgIpc) is 2.03. The van der Waals surface area contributed by atoms with Crippen molar-refractivity contribution in [2.45, 2.75) is 45.7 Å². The Hall–Kier alpha value is -0.0800. The SMILES string of the molecule is CCC[C@@H](COC)N(C)C(C)C. The maximum absolute atomic E-state index is 5.19. The number of hydrogen-bond acceptors (Lipinski definition) is 2. The van der Waals surface area contributed by atoms with Gasteiger partial charge in [0.05, 0.1) is 6.61 Å². The Balaban J connectivity index is 3.89. The molecule has 0 amide bonds. The largest absolute Gasteiger partial charge is 0.383 e. The molecule has 0 radical (unpaired) electrons. The highest BCUT2D eigenvalue weighted by molar-refractivity contribution is 4.70. The normalized spacial score (nSPS) is 14.2. The average molecular weight is 173 g/mol. The number of nitrogens with zero attached hydrogens (tertiary/aromatic N) is 1. The summed E-state index contributed by atoms with van der Waals surface area (Å²) < 4.78 is 5.19. The van der Waals surface area contributed by atoms with Crippen LogP contribution in [0.4, 0.5) is 0 Å². The molecule has 0 rings (SSSR count). The van der Waals surface area contributed by atoms with E-state index in [1.807, 2.05) is 0 Å². The van der Waals surface area contributed by atoms with Gasteiger partial charge in [-0.2, -0.15) is 0 Å². The molecule has 74 valence electrons. The zero-order chi connectivity index (χ0) is 9.56. The summed E-state index contributed by atoms with van der Waals surface area (Å²) in [5, 5.41) is 0. The first-order chi connectivity index (χ1) is 5.63. The van der Waals surface area contributed by atoms with Crippen LogP contribution in [0.25, 0.3) is 0 Å². The molecule has 12 heavy (non-hydrogen) atoms. The topological polar surface area (TPSA) is 12.5 Å². The molecule has 2 heteroatoms. The minimum atomic E-state index is 0.583. The Labute approximate surface area is 76.9 Å². The zero-order valence-electron chi connectivity index (χ0n) is 9.13. The molecule has 0 aromatic heterocycles. The summed E-state index contributed by atoms with van der Waals surface area (Å²) in [4.78, 5) is 2.38. The molecule has 0 bridgehead atoms. The van der Waals surface area contributed by atoms with Crippen LogP contribution in [0.3, 0.4) is 0 Å². The third kappa shape index (κ3) is 4.07. The van der Waals surface area contributed by atoms with Crippen LogP contribution in [-0.2, 0) is 4.74 Å². The molecule has 2 nitrogen and oxygen atoms in total. The molecule has 0 fully saturated rings. The fourth-order valence-electron chi connectivity index (χ4n) is 1.35. The van der Waals surface area contributed by atoms with Crippen LogP contribution in [0, 0.1) is 0 Å². The van der Waals surface area contributed by atoms with E-state index in [4.69, 9.17) is 4.74 Å². The molecule has 0 N–H and O–H groups in total. The van der Waals surface area contributed by atoms with Crippen LogP contribution in [-0.4, -0.2) is 37.7 Å². The summed E-state index contributed by atoms with van der Waals surface area (Å²) in [6, 6.07) is 1.19. The summed E-state index contributed by atoms with van der Waals surface area (Å²) in [5.74, 6) is 0. The van der Waals surface area contributed by atoms with E-state index in [2.05, 4.69) is 32.7 Å². The molecular weight excluding hydrogens is 150 g/mol. The molecule has 0 aliphatic carbocycles. The van der Waals surface area contributed by atoms with Crippen LogP contribution < -0.4 is 0 Å². The van der Waals surface area contributed by atoms with Gasteiger partial charge in [0.15, 0.2) is 0 Å². The molecule has 0 saturated carbocycles. The van der Waals surface area contributed by atoms with Crippen LogP contribution in [0.2, 0.25) is 0 Å². The molecular formula is C10H23NO. The van der Waals surface area contributed by atoms with Crippen molar-refractivity contribution in [1.29, 1.82) is 0 Å². The van der Waals surface area contributed by atoms with Crippen molar-refractivity contribution in [1.82, 2.24) is 4.90 Å². The van der Waals surface area contributed by atoms with Crippen molar-refractivity contribution in [2.75, 3.05) is 20.8 Å². The molecule has 0 heterocycles. The molecule has 0 saturated heterocycles. The predicted octanol–water partition coefficient (Wildman–Crippen LogP) is 2.14. The lowest BCUT2D eigenvalue weighted by molar-refractivity contribution is 0.0835. The Kier molecular flexibility index (Phi) is 6.39. The highest BCUT2D eigenvalue weighted by Crippen LogP contribution is 2.08. The van der Waals surface area contributed by atoms with Crippen molar-refractivity contribution in [3.05, 3.63) is 0 Å². The van der Waals surface area contributed by atoms with Gasteiger partial charge >= 0.3 is 0 Å². The van der Waals surface area contributed by atoms with Crippen LogP contribution >= 0.6 is 0 Å². The van der Waals surface area contributed by atoms with Gasteiger partial charge in [0, 0.05) is 19.2 Å². The minimum Gasteiger partial charge on any atom is -0.383 e. The first kappa shape index (κ1) is 11.9. The van der Waals surface area contributed by atoms with E-state index in [-0.39, 0.29) is 0 Å². The molecule has 0 unspecified atom stereocenters. The van der Waals surface area contributed by atoms with E-state index in [0.29, 0.717) is 12.1 Å². The lowest BCUT2D eigenvalue weighted by Crippen LogP contribution is -2.39. The lowest BCUT2D eigenvalue weighted by atomic mass is 10.1. The standard InChI is InChI=1S/C10H23NO/c1-6-7-10(8-12-5)11(4)9(2)3/h9-10H,6-8H2,1-5H3/t10-/m0/s1. The molecule has 0 aliphatic rings. The van der Waals surface area contributed by atoms with Gasteiger partial charge in [0.25, 0.3) is 0 Å². The molecule has 0 aromatic carbocycles. The van der Waals surface area contributed by atoms with Crippen LogP contribution in [0.15, 0.2) is 0 Å². The van der Waals surface area contributed by atoms with E-state index >= 15 is 0 Å². The zero-order valence-corrected chi connectivity index (χ0v) is 9.13. The molecule has 0 spiro atoms. The van der Waals surface area contributed by atoms with Crippen molar-refractivity contribution in [3.8, 4) is 0 Å². The van der Waals surface area contributed by atoms with E-state index in [1.165, 1.54) is 12.8 Å². The van der Waals surface area contributed by atoms with Gasteiger partial charge in [-0.15, -0.1) is 0 Å². The third-order valence-corrected chi connectivity index (χ3v) is 2.37. The number of likely N-dealkylation sites (N-methyl/N-ethyl adjacent to an activating group) is 1. The Morgan fingerprint density at radius 2 is 1.92 bits per heavy atom. The van der Waals surface area contributed by atoms with E-state index in [9.17, 15) is 0 Å². The summed E-state index contributed by atoms with van der Waals surface area (Å²) in [7, 11) is 3.95. The second kappa shape index (κ2) is 6.44. The first-order valence-electron chi connectivity index (χ1n) is 4.84. The Morgan fingerprint density at radius 1 is 1.33 bits per heavy atom. The molecule has 0 aromatic rings. The quantitative estimate of drug-likeness (QED) is 0.610. The monoisotopic (exact) mass is 173 g/mol. The third-order valence-electron chi connectivity index (χ3n) is 2.37. The maximum atomic E-state index is 5.19. The van der Waals surface area contributed by atoms with Crippen molar-refractivity contribution in [2.24, 2.45) is 0 Å². The molecule has 1 atom stereocenters. The summed E-state index contributed by atoms with van der Waals surface area (Å²) in [6.07, 6.45) is 2.45. The van der Waals surface area contributed by atoms with E-state index in [0.717, 1.165) is 6.61 Å². The lowest BCUT2D eigenvalue weighted by Gasteiger charge is -2.30. The fourth-order valence-corrected chi connectivity index (χ4v) is 1.35. The minimum absolute atomic E-state index is 0.583. The molecule has 0 aliphatic heterocycles. The summed E-state index contributed by atoms with van der Waals surface area (Å²) in [6.45, 7) is 7.51. The summed E-state index contributed by atoms with van der Waals surface area (Å²) >= 11 is 0. The van der Waals surface area contributed by atoms with Gasteiger partial charge in [-0.1, -0.05) is 13.3 Å². The van der Waals surface area contributed by atoms with Crippen LogP contribution in [0.5, 0.6) is 0 Å².